The van der Waals surface area contributed by atoms with Crippen LogP contribution in [0, 0.1) is 22.7 Å². The fourth-order valence-corrected chi connectivity index (χ4v) is 5.36. The molecule has 1 saturated heterocycles. The summed E-state index contributed by atoms with van der Waals surface area (Å²) in [4.78, 5) is 19.3. The van der Waals surface area contributed by atoms with Crippen molar-refractivity contribution in [3.63, 3.8) is 0 Å². The summed E-state index contributed by atoms with van der Waals surface area (Å²) in [5.41, 5.74) is 8.20. The van der Waals surface area contributed by atoms with Gasteiger partial charge in [0.2, 0.25) is 5.91 Å². The number of carbonyl (C=O) groups is 1. The number of amides is 1. The van der Waals surface area contributed by atoms with Crippen molar-refractivity contribution in [2.45, 2.75) is 47.9 Å². The van der Waals surface area contributed by atoms with E-state index in [1.807, 2.05) is 37.4 Å². The van der Waals surface area contributed by atoms with Crippen molar-refractivity contribution in [3.05, 3.63) is 52.6 Å². The number of hydrogen-bond acceptors (Lipinski definition) is 7. The molecule has 164 valence electrons. The van der Waals surface area contributed by atoms with Crippen LogP contribution in [0.25, 0.3) is 0 Å². The van der Waals surface area contributed by atoms with Crippen molar-refractivity contribution < 1.29 is 4.79 Å². The van der Waals surface area contributed by atoms with Gasteiger partial charge in [-0.3, -0.25) is 4.79 Å². The first kappa shape index (κ1) is 22.1. The fraction of sp³-hybridized carbons (Fsp3) is 0.417. The third kappa shape index (κ3) is 4.43. The number of thioether (sulfide) groups is 1. The number of benzene rings is 1. The lowest BCUT2D eigenvalue weighted by atomic mass is 9.98. The molecule has 2 atom stereocenters. The van der Waals surface area contributed by atoms with Gasteiger partial charge in [-0.15, -0.1) is 0 Å². The van der Waals surface area contributed by atoms with E-state index in [0.717, 1.165) is 49.9 Å². The number of anilines is 1. The predicted octanol–water partition coefficient (Wildman–Crippen LogP) is 3.21. The number of pyridine rings is 1. The Kier molecular flexibility index (Phi) is 6.64. The van der Waals surface area contributed by atoms with Crippen LogP contribution in [0.4, 0.5) is 5.82 Å². The highest BCUT2D eigenvalue weighted by molar-refractivity contribution is 8.00. The molecule has 0 radical (unpaired) electrons. The molecule has 2 aromatic rings. The van der Waals surface area contributed by atoms with E-state index in [0.29, 0.717) is 28.0 Å². The zero-order valence-electron chi connectivity index (χ0n) is 18.0. The van der Waals surface area contributed by atoms with Crippen molar-refractivity contribution in [1.82, 2.24) is 10.3 Å². The average Bonchev–Trinajstić information content (AvgIpc) is 3.67. The van der Waals surface area contributed by atoms with E-state index in [9.17, 15) is 15.3 Å². The molecule has 3 N–H and O–H groups in total. The van der Waals surface area contributed by atoms with Crippen molar-refractivity contribution >= 4 is 23.5 Å². The Bertz CT molecular complexity index is 1090. The van der Waals surface area contributed by atoms with Gasteiger partial charge in [-0.1, -0.05) is 42.1 Å². The fourth-order valence-electron chi connectivity index (χ4n) is 4.32. The van der Waals surface area contributed by atoms with Crippen LogP contribution in [0.1, 0.15) is 59.1 Å². The van der Waals surface area contributed by atoms with Crippen molar-refractivity contribution in [2.24, 2.45) is 5.73 Å². The maximum atomic E-state index is 12.3. The second kappa shape index (κ2) is 9.60. The van der Waals surface area contributed by atoms with E-state index in [1.165, 1.54) is 11.8 Å². The van der Waals surface area contributed by atoms with Gasteiger partial charge in [-0.05, 0) is 49.8 Å². The molecule has 32 heavy (non-hydrogen) atoms. The third-order valence-electron chi connectivity index (χ3n) is 6.11. The van der Waals surface area contributed by atoms with Crippen LogP contribution < -0.4 is 16.0 Å². The highest BCUT2D eigenvalue weighted by Crippen LogP contribution is 2.48. The van der Waals surface area contributed by atoms with Gasteiger partial charge in [0.25, 0.3) is 0 Å². The minimum absolute atomic E-state index is 0.189. The van der Waals surface area contributed by atoms with Crippen LogP contribution in [0.3, 0.4) is 0 Å². The van der Waals surface area contributed by atoms with E-state index < -0.39 is 11.2 Å². The second-order valence-corrected chi connectivity index (χ2v) is 9.38. The van der Waals surface area contributed by atoms with E-state index >= 15 is 0 Å². The van der Waals surface area contributed by atoms with Crippen LogP contribution in [-0.4, -0.2) is 37.1 Å². The number of primary amides is 1. The molecule has 0 spiro atoms. The third-order valence-corrected chi connectivity index (χ3v) is 7.37. The average molecular weight is 447 g/mol. The lowest BCUT2D eigenvalue weighted by Gasteiger charge is -2.34. The van der Waals surface area contributed by atoms with E-state index in [-0.39, 0.29) is 5.92 Å². The molecule has 2 fully saturated rings. The zero-order valence-corrected chi connectivity index (χ0v) is 18.9. The lowest BCUT2D eigenvalue weighted by Crippen LogP contribution is -2.45. The van der Waals surface area contributed by atoms with Crippen molar-refractivity contribution in [1.29, 1.82) is 10.5 Å². The molecule has 2 unspecified atom stereocenters. The van der Waals surface area contributed by atoms with Gasteiger partial charge >= 0.3 is 0 Å². The number of likely N-dealkylation sites (N-methyl/N-ethyl adjacent to an activating group) is 1. The Morgan fingerprint density at radius 1 is 1.22 bits per heavy atom. The molecular formula is C24H26N6OS. The summed E-state index contributed by atoms with van der Waals surface area (Å²) in [5.74, 6) is 0.320. The topological polar surface area (TPSA) is 119 Å². The summed E-state index contributed by atoms with van der Waals surface area (Å²) in [5, 5.41) is 23.2. The first-order chi connectivity index (χ1) is 15.6. The van der Waals surface area contributed by atoms with Crippen LogP contribution in [-0.2, 0) is 4.79 Å². The standard InChI is InChI=1S/C24H26N6OS/c1-28-17-8-5-11-30(14-17)23-18(12-25)20(15-9-10-15)19(13-26)24(29-23)32-21(22(27)31)16-6-3-2-4-7-16/h2-4,6-7,15,17,21,28H,5,8-11,14H2,1H3,(H2,27,31). The van der Waals surface area contributed by atoms with Gasteiger partial charge < -0.3 is 16.0 Å². The number of rotatable bonds is 7. The smallest absolute Gasteiger partial charge is 0.235 e. The largest absolute Gasteiger partial charge is 0.368 e. The van der Waals surface area contributed by atoms with Gasteiger partial charge in [0, 0.05) is 19.1 Å². The van der Waals surface area contributed by atoms with Crippen molar-refractivity contribution in [3.8, 4) is 12.1 Å². The molecule has 7 nitrogen and oxygen atoms in total. The number of nitrogens with zero attached hydrogens (tertiary/aromatic N) is 4. The first-order valence-corrected chi connectivity index (χ1v) is 11.8. The Labute approximate surface area is 192 Å². The van der Waals surface area contributed by atoms with Crippen LogP contribution >= 0.6 is 11.8 Å². The number of nitrogens with two attached hydrogens (primary N) is 1. The Morgan fingerprint density at radius 2 is 1.94 bits per heavy atom. The normalized spacial score (nSPS) is 19.1. The summed E-state index contributed by atoms with van der Waals surface area (Å²) in [6.07, 6.45) is 3.97. The Hall–Kier alpha value is -3.07. The summed E-state index contributed by atoms with van der Waals surface area (Å²) in [6.45, 7) is 1.55. The lowest BCUT2D eigenvalue weighted by molar-refractivity contribution is -0.117. The maximum Gasteiger partial charge on any atom is 0.235 e. The second-order valence-electron chi connectivity index (χ2n) is 8.29. The SMILES string of the molecule is CNC1CCCN(c2nc(SC(C(N)=O)c3ccccc3)c(C#N)c(C3CC3)c2C#N)C1. The molecule has 2 heterocycles. The molecule has 1 amide bonds. The van der Waals surface area contributed by atoms with Gasteiger partial charge in [-0.25, -0.2) is 4.98 Å². The number of nitrogens with one attached hydrogen (secondary N) is 1. The molecule has 1 aliphatic carbocycles. The molecule has 0 bridgehead atoms. The Balaban J connectivity index is 1.83. The summed E-state index contributed by atoms with van der Waals surface area (Å²) < 4.78 is 0. The number of hydrogen-bond donors (Lipinski definition) is 2. The quantitative estimate of drug-likeness (QED) is 0.627. The van der Waals surface area contributed by atoms with Gasteiger partial charge in [0.15, 0.2) is 0 Å². The highest BCUT2D eigenvalue weighted by Gasteiger charge is 2.36. The maximum absolute atomic E-state index is 12.3. The number of carbonyl (C=O) groups excluding carboxylic acids is 1. The van der Waals surface area contributed by atoms with E-state index in [2.05, 4.69) is 22.4 Å². The molecule has 1 aromatic heterocycles. The van der Waals surface area contributed by atoms with E-state index in [4.69, 9.17) is 10.7 Å². The van der Waals surface area contributed by atoms with Crippen LogP contribution in [0.2, 0.25) is 0 Å². The minimum Gasteiger partial charge on any atom is -0.368 e. The number of aromatic nitrogens is 1. The van der Waals surface area contributed by atoms with Crippen LogP contribution in [0.15, 0.2) is 35.4 Å². The molecule has 2 aliphatic rings. The molecule has 4 rings (SSSR count). The van der Waals surface area contributed by atoms with E-state index in [1.54, 1.807) is 0 Å². The molecule has 1 aromatic carbocycles. The number of nitriles is 2. The molecule has 1 aliphatic heterocycles. The molecular weight excluding hydrogens is 420 g/mol. The predicted molar refractivity (Wildman–Crippen MR) is 124 cm³/mol. The zero-order chi connectivity index (χ0) is 22.7. The summed E-state index contributed by atoms with van der Waals surface area (Å²) in [7, 11) is 1.94. The Morgan fingerprint density at radius 3 is 2.53 bits per heavy atom. The summed E-state index contributed by atoms with van der Waals surface area (Å²) >= 11 is 1.20. The van der Waals surface area contributed by atoms with Gasteiger partial charge in [0.1, 0.15) is 28.2 Å². The molecule has 8 heteroatoms. The summed E-state index contributed by atoms with van der Waals surface area (Å²) in [6, 6.07) is 14.2. The minimum atomic E-state index is -0.671. The van der Waals surface area contributed by atoms with Gasteiger partial charge in [0.05, 0.1) is 11.1 Å². The first-order valence-electron chi connectivity index (χ1n) is 10.9. The highest BCUT2D eigenvalue weighted by atomic mass is 32.2. The van der Waals surface area contributed by atoms with Gasteiger partial charge in [-0.2, -0.15) is 10.5 Å². The van der Waals surface area contributed by atoms with Crippen molar-refractivity contribution in [2.75, 3.05) is 25.0 Å². The van der Waals surface area contributed by atoms with Crippen LogP contribution in [0.5, 0.6) is 0 Å². The molecule has 1 saturated carbocycles. The number of piperidine rings is 1. The monoisotopic (exact) mass is 446 g/mol.